The number of thiazole rings is 1. The van der Waals surface area contributed by atoms with Gasteiger partial charge in [-0.1, -0.05) is 48.5 Å². The smallest absolute Gasteiger partial charge is 0.196 e. The number of ketones is 1. The molecule has 0 N–H and O–H groups in total. The van der Waals surface area contributed by atoms with Crippen molar-refractivity contribution in [3.63, 3.8) is 0 Å². The van der Waals surface area contributed by atoms with Crippen molar-refractivity contribution in [1.29, 1.82) is 0 Å². The molecule has 0 saturated carbocycles. The van der Waals surface area contributed by atoms with E-state index in [-0.39, 0.29) is 5.78 Å². The molecular weight excluding hydrogens is 382 g/mol. The quantitative estimate of drug-likeness (QED) is 0.336. The number of rotatable bonds is 4. The molecule has 0 amide bonds. The summed E-state index contributed by atoms with van der Waals surface area (Å²) in [5.41, 5.74) is 2.96. The second-order valence-corrected chi connectivity index (χ2v) is 7.67. The van der Waals surface area contributed by atoms with Gasteiger partial charge in [0.2, 0.25) is 0 Å². The number of carbonyl (C=O) groups excluding carboxylic acids is 1. The van der Waals surface area contributed by atoms with Gasteiger partial charge < -0.3 is 9.47 Å². The first-order valence-electron chi connectivity index (χ1n) is 9.35. The Balaban J connectivity index is 1.63. The number of aromatic nitrogens is 1. The SMILES string of the molecule is O=C(C(=Cc1ccc2c(c1)OCCO2)c1nc2ccccc2s1)c1ccccc1. The molecule has 3 aromatic carbocycles. The van der Waals surface area contributed by atoms with Crippen molar-refractivity contribution in [2.24, 2.45) is 0 Å². The third kappa shape index (κ3) is 3.52. The van der Waals surface area contributed by atoms with Gasteiger partial charge in [0.15, 0.2) is 17.3 Å². The zero-order chi connectivity index (χ0) is 19.6. The van der Waals surface area contributed by atoms with Gasteiger partial charge in [0.05, 0.1) is 15.8 Å². The van der Waals surface area contributed by atoms with E-state index < -0.39 is 0 Å². The van der Waals surface area contributed by atoms with Crippen LogP contribution in [0.5, 0.6) is 11.5 Å². The fourth-order valence-electron chi connectivity index (χ4n) is 3.27. The minimum atomic E-state index is -0.0560. The van der Waals surface area contributed by atoms with Crippen LogP contribution >= 0.6 is 11.3 Å². The summed E-state index contributed by atoms with van der Waals surface area (Å²) in [6.45, 7) is 1.07. The molecule has 0 fully saturated rings. The van der Waals surface area contributed by atoms with Crippen LogP contribution in [0.3, 0.4) is 0 Å². The van der Waals surface area contributed by atoms with Gasteiger partial charge in [-0.25, -0.2) is 4.98 Å². The van der Waals surface area contributed by atoms with E-state index in [0.29, 0.717) is 35.1 Å². The highest BCUT2D eigenvalue weighted by atomic mass is 32.1. The van der Waals surface area contributed by atoms with Gasteiger partial charge in [-0.2, -0.15) is 0 Å². The molecule has 0 radical (unpaired) electrons. The van der Waals surface area contributed by atoms with E-state index in [4.69, 9.17) is 14.5 Å². The topological polar surface area (TPSA) is 48.4 Å². The van der Waals surface area contributed by atoms with E-state index >= 15 is 0 Å². The van der Waals surface area contributed by atoms with Crippen molar-refractivity contribution in [1.82, 2.24) is 4.98 Å². The maximum atomic E-state index is 13.4. The number of hydrogen-bond donors (Lipinski definition) is 0. The maximum absolute atomic E-state index is 13.4. The molecule has 0 saturated heterocycles. The largest absolute Gasteiger partial charge is 0.486 e. The average Bonchev–Trinajstić information content (AvgIpc) is 3.21. The van der Waals surface area contributed by atoms with Crippen LogP contribution in [0.2, 0.25) is 0 Å². The van der Waals surface area contributed by atoms with E-state index in [1.54, 1.807) is 0 Å². The fraction of sp³-hybridized carbons (Fsp3) is 0.0833. The first kappa shape index (κ1) is 17.6. The molecular formula is C24H17NO3S. The summed E-state index contributed by atoms with van der Waals surface area (Å²) in [5.74, 6) is 1.37. The van der Waals surface area contributed by atoms with Crippen molar-refractivity contribution in [2.75, 3.05) is 13.2 Å². The van der Waals surface area contributed by atoms with Crippen LogP contribution in [0.25, 0.3) is 21.9 Å². The molecule has 4 nitrogen and oxygen atoms in total. The monoisotopic (exact) mass is 399 g/mol. The Labute approximate surface area is 172 Å². The molecule has 1 aromatic heterocycles. The number of fused-ring (bicyclic) bond motifs is 2. The van der Waals surface area contributed by atoms with Crippen molar-refractivity contribution in [3.05, 3.63) is 88.9 Å². The Morgan fingerprint density at radius 2 is 1.66 bits per heavy atom. The first-order valence-corrected chi connectivity index (χ1v) is 10.2. The van der Waals surface area contributed by atoms with Gasteiger partial charge in [-0.05, 0) is 35.9 Å². The van der Waals surface area contributed by atoms with Gasteiger partial charge in [0, 0.05) is 5.56 Å². The van der Waals surface area contributed by atoms with E-state index in [1.165, 1.54) is 11.3 Å². The van der Waals surface area contributed by atoms with Crippen LogP contribution in [0, 0.1) is 0 Å². The second-order valence-electron chi connectivity index (χ2n) is 6.64. The Bertz CT molecular complexity index is 1190. The molecule has 0 spiro atoms. The van der Waals surface area contributed by atoms with Gasteiger partial charge in [0.25, 0.3) is 0 Å². The van der Waals surface area contributed by atoms with Crippen LogP contribution in [-0.4, -0.2) is 24.0 Å². The molecule has 1 aliphatic heterocycles. The number of ether oxygens (including phenoxy) is 2. The highest BCUT2D eigenvalue weighted by molar-refractivity contribution is 7.20. The predicted octanol–water partition coefficient (Wildman–Crippen LogP) is 5.49. The highest BCUT2D eigenvalue weighted by Crippen LogP contribution is 2.34. The van der Waals surface area contributed by atoms with Crippen LogP contribution < -0.4 is 9.47 Å². The fourth-order valence-corrected chi connectivity index (χ4v) is 4.25. The Morgan fingerprint density at radius 3 is 2.48 bits per heavy atom. The lowest BCUT2D eigenvalue weighted by atomic mass is 10.0. The summed E-state index contributed by atoms with van der Waals surface area (Å²) in [7, 11) is 0. The molecule has 29 heavy (non-hydrogen) atoms. The van der Waals surface area contributed by atoms with Crippen LogP contribution in [0.1, 0.15) is 20.9 Å². The lowest BCUT2D eigenvalue weighted by Crippen LogP contribution is -2.15. The standard InChI is InChI=1S/C24H17NO3S/c26-23(17-6-2-1-3-7-17)18(24-25-19-8-4-5-9-22(19)29-24)14-16-10-11-20-21(15-16)28-13-12-27-20/h1-11,14-15H,12-13H2. The molecule has 0 atom stereocenters. The number of nitrogens with zero attached hydrogens (tertiary/aromatic N) is 1. The van der Waals surface area contributed by atoms with Crippen molar-refractivity contribution >= 4 is 39.0 Å². The number of allylic oxidation sites excluding steroid dienone is 1. The van der Waals surface area contributed by atoms with Crippen molar-refractivity contribution in [3.8, 4) is 11.5 Å². The zero-order valence-corrected chi connectivity index (χ0v) is 16.3. The van der Waals surface area contributed by atoms with Gasteiger partial charge in [0.1, 0.15) is 18.2 Å². The third-order valence-electron chi connectivity index (χ3n) is 4.68. The minimum Gasteiger partial charge on any atom is -0.486 e. The predicted molar refractivity (Wildman–Crippen MR) is 116 cm³/mol. The van der Waals surface area contributed by atoms with E-state index in [2.05, 4.69) is 0 Å². The summed E-state index contributed by atoms with van der Waals surface area (Å²) >= 11 is 1.52. The summed E-state index contributed by atoms with van der Waals surface area (Å²) in [6.07, 6.45) is 1.88. The summed E-state index contributed by atoms with van der Waals surface area (Å²) in [5, 5.41) is 0.704. The van der Waals surface area contributed by atoms with E-state index in [1.807, 2.05) is 78.9 Å². The lowest BCUT2D eigenvalue weighted by Gasteiger charge is -2.18. The average molecular weight is 399 g/mol. The Hall–Kier alpha value is -3.44. The van der Waals surface area contributed by atoms with E-state index in [0.717, 1.165) is 21.5 Å². The molecule has 2 heterocycles. The van der Waals surface area contributed by atoms with Gasteiger partial charge in [-0.15, -0.1) is 11.3 Å². The number of benzene rings is 3. The number of Topliss-reactive ketones (excluding diaryl/α,β-unsaturated/α-hetero) is 1. The van der Waals surface area contributed by atoms with Crippen LogP contribution in [-0.2, 0) is 0 Å². The number of carbonyl (C=O) groups is 1. The molecule has 142 valence electrons. The molecule has 5 rings (SSSR count). The van der Waals surface area contributed by atoms with Crippen molar-refractivity contribution in [2.45, 2.75) is 0 Å². The summed E-state index contributed by atoms with van der Waals surface area (Å²) in [4.78, 5) is 18.1. The summed E-state index contributed by atoms with van der Waals surface area (Å²) in [6, 6.07) is 22.9. The number of para-hydroxylation sites is 1. The third-order valence-corrected chi connectivity index (χ3v) is 5.75. The zero-order valence-electron chi connectivity index (χ0n) is 15.5. The van der Waals surface area contributed by atoms with Gasteiger partial charge >= 0.3 is 0 Å². The van der Waals surface area contributed by atoms with Crippen molar-refractivity contribution < 1.29 is 14.3 Å². The molecule has 1 aliphatic rings. The lowest BCUT2D eigenvalue weighted by molar-refractivity contribution is 0.105. The van der Waals surface area contributed by atoms with Crippen LogP contribution in [0.15, 0.2) is 72.8 Å². The molecule has 5 heteroatoms. The Kier molecular flexibility index (Phi) is 4.58. The van der Waals surface area contributed by atoms with E-state index in [9.17, 15) is 4.79 Å². The molecule has 0 bridgehead atoms. The van der Waals surface area contributed by atoms with Crippen LogP contribution in [0.4, 0.5) is 0 Å². The normalized spacial score (nSPS) is 13.4. The maximum Gasteiger partial charge on any atom is 0.196 e. The molecule has 0 aliphatic carbocycles. The molecule has 4 aromatic rings. The summed E-state index contributed by atoms with van der Waals surface area (Å²) < 4.78 is 12.3. The first-order chi connectivity index (χ1) is 14.3. The van der Waals surface area contributed by atoms with Gasteiger partial charge in [-0.3, -0.25) is 4.79 Å². The minimum absolute atomic E-state index is 0.0560. The Morgan fingerprint density at radius 1 is 0.897 bits per heavy atom. The number of hydrogen-bond acceptors (Lipinski definition) is 5. The second kappa shape index (κ2) is 7.53. The highest BCUT2D eigenvalue weighted by Gasteiger charge is 2.19. The molecule has 0 unspecified atom stereocenters.